The highest BCUT2D eigenvalue weighted by atomic mass is 16.3. The van der Waals surface area contributed by atoms with Crippen LogP contribution >= 0.6 is 0 Å². The molecule has 2 aromatic heterocycles. The van der Waals surface area contributed by atoms with Crippen LogP contribution < -0.4 is 0 Å². The molecule has 3 rings (SSSR count). The van der Waals surface area contributed by atoms with Crippen molar-refractivity contribution in [3.8, 4) is 0 Å². The van der Waals surface area contributed by atoms with Gasteiger partial charge in [-0.25, -0.2) is 9.97 Å². The fourth-order valence-corrected chi connectivity index (χ4v) is 2.02. The molecule has 0 bridgehead atoms. The molecule has 2 aromatic rings. The Morgan fingerprint density at radius 1 is 1.53 bits per heavy atom. The van der Waals surface area contributed by atoms with Gasteiger partial charge in [0.05, 0.1) is 6.10 Å². The van der Waals surface area contributed by atoms with Crippen LogP contribution in [0.1, 0.15) is 16.9 Å². The Kier molecular flexibility index (Phi) is 2.29. The first kappa shape index (κ1) is 10.2. The van der Waals surface area contributed by atoms with E-state index >= 15 is 0 Å². The summed E-state index contributed by atoms with van der Waals surface area (Å²) in [6, 6.07) is 1.78. The largest absolute Gasteiger partial charge is 0.391 e. The Morgan fingerprint density at radius 3 is 3.12 bits per heavy atom. The molecule has 0 aromatic carbocycles. The Labute approximate surface area is 97.5 Å². The monoisotopic (exact) mass is 232 g/mol. The smallest absolute Gasteiger partial charge is 0.274 e. The lowest BCUT2D eigenvalue weighted by atomic mass is 10.3. The first-order chi connectivity index (χ1) is 8.24. The molecule has 1 aliphatic rings. The number of likely N-dealkylation sites (tertiary alicyclic amines) is 1. The van der Waals surface area contributed by atoms with E-state index in [1.165, 1.54) is 0 Å². The molecule has 0 unspecified atom stereocenters. The molecule has 1 aliphatic heterocycles. The van der Waals surface area contributed by atoms with Crippen molar-refractivity contribution in [2.75, 3.05) is 13.1 Å². The summed E-state index contributed by atoms with van der Waals surface area (Å²) in [4.78, 5) is 21.9. The topological polar surface area (TPSA) is 70.7 Å². The van der Waals surface area contributed by atoms with Gasteiger partial charge in [-0.3, -0.25) is 9.20 Å². The van der Waals surface area contributed by atoms with Crippen molar-refractivity contribution in [3.63, 3.8) is 0 Å². The minimum Gasteiger partial charge on any atom is -0.391 e. The molecule has 17 heavy (non-hydrogen) atoms. The number of amides is 1. The van der Waals surface area contributed by atoms with Gasteiger partial charge in [-0.1, -0.05) is 0 Å². The van der Waals surface area contributed by atoms with Crippen molar-refractivity contribution < 1.29 is 9.90 Å². The third-order valence-electron chi connectivity index (χ3n) is 2.91. The van der Waals surface area contributed by atoms with Gasteiger partial charge in [-0.2, -0.15) is 0 Å². The van der Waals surface area contributed by atoms with Gasteiger partial charge < -0.3 is 10.0 Å². The molecular weight excluding hydrogens is 220 g/mol. The molecule has 6 nitrogen and oxygen atoms in total. The Bertz CT molecular complexity index is 532. The number of aromatic nitrogens is 3. The number of aliphatic hydroxyl groups is 1. The quantitative estimate of drug-likeness (QED) is 0.747. The number of imidazole rings is 1. The fraction of sp³-hybridized carbons (Fsp3) is 0.364. The zero-order valence-electron chi connectivity index (χ0n) is 9.15. The lowest BCUT2D eigenvalue weighted by Crippen LogP contribution is -2.29. The predicted octanol–water partition coefficient (Wildman–Crippen LogP) is -0.0639. The third-order valence-corrected chi connectivity index (χ3v) is 2.91. The van der Waals surface area contributed by atoms with E-state index in [2.05, 4.69) is 9.97 Å². The summed E-state index contributed by atoms with van der Waals surface area (Å²) in [5.41, 5.74) is 0.373. The van der Waals surface area contributed by atoms with Gasteiger partial charge in [0, 0.05) is 31.7 Å². The van der Waals surface area contributed by atoms with E-state index in [0.717, 1.165) is 0 Å². The number of nitrogens with zero attached hydrogens (tertiary/aromatic N) is 4. The minimum absolute atomic E-state index is 0.146. The van der Waals surface area contributed by atoms with E-state index in [1.807, 2.05) is 0 Å². The molecule has 88 valence electrons. The zero-order valence-corrected chi connectivity index (χ0v) is 9.15. The molecule has 3 heterocycles. The molecule has 0 aliphatic carbocycles. The highest BCUT2D eigenvalue weighted by molar-refractivity contribution is 5.93. The van der Waals surface area contributed by atoms with E-state index < -0.39 is 6.10 Å². The highest BCUT2D eigenvalue weighted by Gasteiger charge is 2.26. The number of β-amino-alcohol motifs (C(OH)–C–C–N with tert-alkyl or cyclic N) is 1. The van der Waals surface area contributed by atoms with Crippen LogP contribution in [-0.2, 0) is 0 Å². The molecular formula is C11H12N4O2. The van der Waals surface area contributed by atoms with Gasteiger partial charge >= 0.3 is 0 Å². The normalized spacial score (nSPS) is 20.1. The van der Waals surface area contributed by atoms with E-state index in [0.29, 0.717) is 31.0 Å². The van der Waals surface area contributed by atoms with Crippen LogP contribution in [0.4, 0.5) is 0 Å². The van der Waals surface area contributed by atoms with Crippen LogP contribution in [-0.4, -0.2) is 49.5 Å². The minimum atomic E-state index is -0.408. The maximum absolute atomic E-state index is 12.1. The molecule has 6 heteroatoms. The van der Waals surface area contributed by atoms with Crippen LogP contribution in [0.3, 0.4) is 0 Å². The number of hydrogen-bond acceptors (Lipinski definition) is 4. The second-order valence-corrected chi connectivity index (χ2v) is 4.15. The van der Waals surface area contributed by atoms with Gasteiger partial charge in [0.15, 0.2) is 0 Å². The summed E-state index contributed by atoms with van der Waals surface area (Å²) < 4.78 is 1.71. The van der Waals surface area contributed by atoms with E-state index in [9.17, 15) is 9.90 Å². The molecule has 0 radical (unpaired) electrons. The van der Waals surface area contributed by atoms with E-state index in [1.54, 1.807) is 34.0 Å². The molecule has 1 amide bonds. The summed E-state index contributed by atoms with van der Waals surface area (Å²) in [6.45, 7) is 0.974. The molecule has 1 atom stereocenters. The number of hydrogen-bond donors (Lipinski definition) is 1. The first-order valence-corrected chi connectivity index (χ1v) is 5.51. The summed E-state index contributed by atoms with van der Waals surface area (Å²) >= 11 is 0. The number of rotatable bonds is 1. The van der Waals surface area contributed by atoms with Gasteiger partial charge in [0.25, 0.3) is 5.91 Å². The van der Waals surface area contributed by atoms with Crippen molar-refractivity contribution in [3.05, 3.63) is 30.4 Å². The molecule has 0 saturated carbocycles. The van der Waals surface area contributed by atoms with Gasteiger partial charge in [0.1, 0.15) is 5.69 Å². The van der Waals surface area contributed by atoms with E-state index in [-0.39, 0.29) is 5.91 Å². The summed E-state index contributed by atoms with van der Waals surface area (Å²) in [6.07, 6.45) is 5.32. The number of carbonyl (C=O) groups is 1. The lowest BCUT2D eigenvalue weighted by molar-refractivity contribution is 0.0760. The van der Waals surface area contributed by atoms with Crippen LogP contribution in [0.2, 0.25) is 0 Å². The first-order valence-electron chi connectivity index (χ1n) is 5.51. The van der Waals surface area contributed by atoms with Crippen LogP contribution in [0.5, 0.6) is 0 Å². The van der Waals surface area contributed by atoms with Crippen LogP contribution in [0.25, 0.3) is 5.78 Å². The van der Waals surface area contributed by atoms with Gasteiger partial charge in [0.2, 0.25) is 5.78 Å². The SMILES string of the molecule is O=C(c1cn2cccnc2n1)N1CC[C@@H](O)C1. The highest BCUT2D eigenvalue weighted by Crippen LogP contribution is 2.13. The van der Waals surface area contributed by atoms with E-state index in [4.69, 9.17) is 0 Å². The molecule has 1 fully saturated rings. The summed E-state index contributed by atoms with van der Waals surface area (Å²) in [5.74, 6) is 0.364. The second kappa shape index (κ2) is 3.81. The molecule has 1 saturated heterocycles. The standard InChI is InChI=1S/C11H12N4O2/c16-8-2-5-14(6-8)10(17)9-7-15-4-1-3-12-11(15)13-9/h1,3-4,7-8,16H,2,5-6H2/t8-/m1/s1. The Morgan fingerprint density at radius 2 is 2.41 bits per heavy atom. The second-order valence-electron chi connectivity index (χ2n) is 4.15. The van der Waals surface area contributed by atoms with Crippen molar-refractivity contribution in [1.82, 2.24) is 19.3 Å². The number of carbonyl (C=O) groups excluding carboxylic acids is 1. The zero-order chi connectivity index (χ0) is 11.8. The maximum atomic E-state index is 12.1. The summed E-state index contributed by atoms with van der Waals surface area (Å²) in [7, 11) is 0. The number of aliphatic hydroxyl groups excluding tert-OH is 1. The third kappa shape index (κ3) is 1.76. The van der Waals surface area contributed by atoms with Crippen LogP contribution in [0, 0.1) is 0 Å². The van der Waals surface area contributed by atoms with Crippen molar-refractivity contribution in [2.24, 2.45) is 0 Å². The lowest BCUT2D eigenvalue weighted by Gasteiger charge is -2.13. The molecule has 0 spiro atoms. The maximum Gasteiger partial charge on any atom is 0.274 e. The average molecular weight is 232 g/mol. The van der Waals surface area contributed by atoms with Crippen molar-refractivity contribution in [1.29, 1.82) is 0 Å². The Balaban J connectivity index is 1.90. The predicted molar refractivity (Wildman–Crippen MR) is 59.5 cm³/mol. The van der Waals surface area contributed by atoms with Crippen molar-refractivity contribution >= 4 is 11.7 Å². The van der Waals surface area contributed by atoms with Gasteiger partial charge in [-0.05, 0) is 12.5 Å². The fourth-order valence-electron chi connectivity index (χ4n) is 2.02. The Hall–Kier alpha value is -1.95. The average Bonchev–Trinajstić information content (AvgIpc) is 2.93. The van der Waals surface area contributed by atoms with Crippen molar-refractivity contribution in [2.45, 2.75) is 12.5 Å². The number of fused-ring (bicyclic) bond motifs is 1. The van der Waals surface area contributed by atoms with Crippen LogP contribution in [0.15, 0.2) is 24.7 Å². The summed E-state index contributed by atoms with van der Waals surface area (Å²) in [5, 5.41) is 9.40. The van der Waals surface area contributed by atoms with Gasteiger partial charge in [-0.15, -0.1) is 0 Å². The molecule has 1 N–H and O–H groups in total.